The number of benzene rings is 2. The molecule has 120 valence electrons. The van der Waals surface area contributed by atoms with Gasteiger partial charge in [0.25, 0.3) is 0 Å². The molecular formula is C20H17ClN2S. The number of rotatable bonds is 1. The molecule has 0 bridgehead atoms. The second-order valence-corrected chi connectivity index (χ2v) is 6.91. The molecule has 1 aliphatic rings. The van der Waals surface area contributed by atoms with Crippen molar-refractivity contribution in [3.05, 3.63) is 69.6 Å². The topological polar surface area (TPSA) is 49.9 Å². The van der Waals surface area contributed by atoms with E-state index in [0.29, 0.717) is 0 Å². The van der Waals surface area contributed by atoms with Crippen molar-refractivity contribution < 1.29 is 0 Å². The Morgan fingerprint density at radius 3 is 2.71 bits per heavy atom. The summed E-state index contributed by atoms with van der Waals surface area (Å²) in [7, 11) is 0. The second kappa shape index (κ2) is 6.68. The molecule has 24 heavy (non-hydrogen) atoms. The lowest BCUT2D eigenvalue weighted by Gasteiger charge is -1.99. The van der Waals surface area contributed by atoms with E-state index in [-0.39, 0.29) is 18.2 Å². The molecule has 1 aliphatic carbocycles. The Morgan fingerprint density at radius 2 is 1.88 bits per heavy atom. The highest BCUT2D eigenvalue weighted by atomic mass is 35.5. The molecule has 0 unspecified atom stereocenters. The highest BCUT2D eigenvalue weighted by Gasteiger charge is 2.10. The standard InChI is InChI=1S/C20H16N2S.ClH/c21-20(22)19-12-17-15(4-2-6-18(17)23-19)10-8-13-7-9-14-3-1-5-16(14)11-13;/h2,4,6-7,9,11-12H,1,3,5H2,(H3,21,22);1H. The van der Waals surface area contributed by atoms with Gasteiger partial charge < -0.3 is 5.73 Å². The minimum Gasteiger partial charge on any atom is -0.383 e. The summed E-state index contributed by atoms with van der Waals surface area (Å²) < 4.78 is 1.12. The number of amidine groups is 1. The highest BCUT2D eigenvalue weighted by Crippen LogP contribution is 2.28. The van der Waals surface area contributed by atoms with Crippen LogP contribution in [0.15, 0.2) is 42.5 Å². The molecule has 0 spiro atoms. The third-order valence-electron chi connectivity index (χ3n) is 4.27. The average Bonchev–Trinajstić information content (AvgIpc) is 3.18. The van der Waals surface area contributed by atoms with Gasteiger partial charge in [0, 0.05) is 21.2 Å². The summed E-state index contributed by atoms with van der Waals surface area (Å²) >= 11 is 1.54. The van der Waals surface area contributed by atoms with Crippen molar-refractivity contribution in [1.29, 1.82) is 5.41 Å². The first kappa shape index (κ1) is 16.6. The summed E-state index contributed by atoms with van der Waals surface area (Å²) in [6.45, 7) is 0. The predicted molar refractivity (Wildman–Crippen MR) is 105 cm³/mol. The maximum Gasteiger partial charge on any atom is 0.133 e. The number of nitrogen functional groups attached to an aromatic ring is 1. The molecule has 0 saturated heterocycles. The van der Waals surface area contributed by atoms with Crippen molar-refractivity contribution in [3.8, 4) is 11.8 Å². The van der Waals surface area contributed by atoms with Crippen LogP contribution in [-0.4, -0.2) is 5.84 Å². The maximum absolute atomic E-state index is 7.60. The van der Waals surface area contributed by atoms with Crippen molar-refractivity contribution in [3.63, 3.8) is 0 Å². The van der Waals surface area contributed by atoms with Crippen LogP contribution >= 0.6 is 23.7 Å². The third-order valence-corrected chi connectivity index (χ3v) is 5.40. The fraction of sp³-hybridized carbons (Fsp3) is 0.150. The number of halogens is 1. The molecule has 0 aliphatic heterocycles. The lowest BCUT2D eigenvalue weighted by Crippen LogP contribution is -2.08. The van der Waals surface area contributed by atoms with Crippen molar-refractivity contribution >= 4 is 39.7 Å². The second-order valence-electron chi connectivity index (χ2n) is 5.83. The Bertz CT molecular complexity index is 992. The van der Waals surface area contributed by atoms with E-state index in [1.165, 1.54) is 30.4 Å². The molecular weight excluding hydrogens is 336 g/mol. The van der Waals surface area contributed by atoms with Crippen LogP contribution in [0.25, 0.3) is 10.1 Å². The molecule has 0 saturated carbocycles. The lowest BCUT2D eigenvalue weighted by molar-refractivity contribution is 0.912. The zero-order chi connectivity index (χ0) is 15.8. The molecule has 0 atom stereocenters. The molecule has 4 rings (SSSR count). The monoisotopic (exact) mass is 352 g/mol. The number of hydrogen-bond donors (Lipinski definition) is 2. The largest absolute Gasteiger partial charge is 0.383 e. The summed E-state index contributed by atoms with van der Waals surface area (Å²) in [5.74, 6) is 6.70. The Hall–Kier alpha value is -2.28. The van der Waals surface area contributed by atoms with Crippen LogP contribution in [0.2, 0.25) is 0 Å². The first-order valence-corrected chi connectivity index (χ1v) is 8.53. The van der Waals surface area contributed by atoms with E-state index in [1.807, 2.05) is 24.3 Å². The average molecular weight is 353 g/mol. The summed E-state index contributed by atoms with van der Waals surface area (Å²) in [6.07, 6.45) is 3.63. The van der Waals surface area contributed by atoms with E-state index < -0.39 is 0 Å². The van der Waals surface area contributed by atoms with Gasteiger partial charge in [-0.15, -0.1) is 23.7 Å². The molecule has 1 aromatic heterocycles. The number of fused-ring (bicyclic) bond motifs is 2. The number of aryl methyl sites for hydroxylation is 2. The Morgan fingerprint density at radius 1 is 1.04 bits per heavy atom. The highest BCUT2D eigenvalue weighted by molar-refractivity contribution is 7.20. The van der Waals surface area contributed by atoms with Gasteiger partial charge >= 0.3 is 0 Å². The maximum atomic E-state index is 7.60. The summed E-state index contributed by atoms with van der Waals surface area (Å²) in [5.41, 5.74) is 10.6. The molecule has 1 heterocycles. The molecule has 4 heteroatoms. The van der Waals surface area contributed by atoms with Gasteiger partial charge in [0.15, 0.2) is 0 Å². The van der Waals surface area contributed by atoms with E-state index >= 15 is 0 Å². The van der Waals surface area contributed by atoms with E-state index in [2.05, 4.69) is 30.0 Å². The lowest BCUT2D eigenvalue weighted by atomic mass is 10.1. The van der Waals surface area contributed by atoms with Crippen LogP contribution in [0, 0.1) is 17.3 Å². The van der Waals surface area contributed by atoms with Crippen LogP contribution in [-0.2, 0) is 12.8 Å². The van der Waals surface area contributed by atoms with Gasteiger partial charge in [0.2, 0.25) is 0 Å². The van der Waals surface area contributed by atoms with Gasteiger partial charge in [0.1, 0.15) is 5.84 Å². The van der Waals surface area contributed by atoms with E-state index in [9.17, 15) is 0 Å². The van der Waals surface area contributed by atoms with Crippen LogP contribution in [0.4, 0.5) is 0 Å². The van der Waals surface area contributed by atoms with Crippen molar-refractivity contribution in [2.24, 2.45) is 5.73 Å². The van der Waals surface area contributed by atoms with Gasteiger partial charge in [-0.1, -0.05) is 24.0 Å². The SMILES string of the molecule is Cl.N=C(N)c1cc2c(C#Cc3ccc4c(c3)CCC4)cccc2s1. The number of thiophene rings is 1. The van der Waals surface area contributed by atoms with Gasteiger partial charge in [-0.25, -0.2) is 0 Å². The van der Waals surface area contributed by atoms with E-state index in [0.717, 1.165) is 26.1 Å². The third kappa shape index (κ3) is 3.03. The van der Waals surface area contributed by atoms with Crippen LogP contribution in [0.5, 0.6) is 0 Å². The first-order valence-electron chi connectivity index (χ1n) is 7.71. The summed E-state index contributed by atoms with van der Waals surface area (Å²) in [4.78, 5) is 0.798. The van der Waals surface area contributed by atoms with Crippen molar-refractivity contribution in [1.82, 2.24) is 0 Å². The Labute approximate surface area is 151 Å². The number of nitrogens with one attached hydrogen (secondary N) is 1. The molecule has 2 nitrogen and oxygen atoms in total. The molecule has 3 aromatic rings. The van der Waals surface area contributed by atoms with Gasteiger partial charge in [-0.05, 0) is 60.7 Å². The normalized spacial score (nSPS) is 12.2. The zero-order valence-electron chi connectivity index (χ0n) is 13.1. The van der Waals surface area contributed by atoms with Crippen LogP contribution in [0.1, 0.15) is 33.6 Å². The fourth-order valence-electron chi connectivity index (χ4n) is 3.09. The number of nitrogens with two attached hydrogens (primary N) is 1. The van der Waals surface area contributed by atoms with E-state index in [1.54, 1.807) is 11.3 Å². The van der Waals surface area contributed by atoms with Crippen molar-refractivity contribution in [2.45, 2.75) is 19.3 Å². The summed E-state index contributed by atoms with van der Waals surface area (Å²) in [6, 6.07) is 14.6. The molecule has 3 N–H and O–H groups in total. The van der Waals surface area contributed by atoms with Crippen LogP contribution in [0.3, 0.4) is 0 Å². The number of hydrogen-bond acceptors (Lipinski definition) is 2. The first-order chi connectivity index (χ1) is 11.2. The quantitative estimate of drug-likeness (QED) is 0.378. The zero-order valence-corrected chi connectivity index (χ0v) is 14.7. The fourth-order valence-corrected chi connectivity index (χ4v) is 4.04. The molecule has 0 fully saturated rings. The Kier molecular flexibility index (Phi) is 4.62. The van der Waals surface area contributed by atoms with Gasteiger partial charge in [-0.2, -0.15) is 0 Å². The molecule has 0 radical (unpaired) electrons. The minimum absolute atomic E-state index is 0. The summed E-state index contributed by atoms with van der Waals surface area (Å²) in [5, 5.41) is 8.68. The Balaban J connectivity index is 0.00000169. The minimum atomic E-state index is 0. The van der Waals surface area contributed by atoms with E-state index in [4.69, 9.17) is 11.1 Å². The van der Waals surface area contributed by atoms with Gasteiger partial charge in [0.05, 0.1) is 4.88 Å². The van der Waals surface area contributed by atoms with Gasteiger partial charge in [-0.3, -0.25) is 5.41 Å². The smallest absolute Gasteiger partial charge is 0.133 e. The molecule has 2 aromatic carbocycles. The molecule has 0 amide bonds. The van der Waals surface area contributed by atoms with Crippen LogP contribution < -0.4 is 5.73 Å². The predicted octanol–water partition coefficient (Wildman–Crippen LogP) is 4.50. The van der Waals surface area contributed by atoms with Crippen molar-refractivity contribution in [2.75, 3.05) is 0 Å².